The molecule has 0 bridgehead atoms. The van der Waals surface area contributed by atoms with Crippen molar-refractivity contribution in [2.75, 3.05) is 38.2 Å². The monoisotopic (exact) mass is 365 g/mol. The third-order valence-electron chi connectivity index (χ3n) is 4.20. The van der Waals surface area contributed by atoms with Crippen molar-refractivity contribution >= 4 is 23.3 Å². The molecule has 142 valence electrons. The minimum Gasteiger partial charge on any atom is -0.452 e. The Kier molecular flexibility index (Phi) is 6.90. The number of aliphatic hydroxyl groups excluding tert-OH is 1. The number of rotatable bonds is 7. The van der Waals surface area contributed by atoms with Gasteiger partial charge in [0.1, 0.15) is 0 Å². The fourth-order valence-electron chi connectivity index (χ4n) is 2.87. The highest BCUT2D eigenvalue weighted by Crippen LogP contribution is 2.23. The maximum Gasteiger partial charge on any atom is 0.341 e. The predicted octanol–water partition coefficient (Wildman–Crippen LogP) is 1.41. The van der Waals surface area contributed by atoms with Crippen molar-refractivity contribution in [1.29, 1.82) is 0 Å². The van der Waals surface area contributed by atoms with Crippen LogP contribution in [0.3, 0.4) is 0 Å². The number of ether oxygens (including phenoxy) is 1. The van der Waals surface area contributed by atoms with E-state index in [0.29, 0.717) is 24.7 Å². The lowest BCUT2D eigenvalue weighted by molar-refractivity contribution is -0.384. The Bertz CT molecular complexity index is 678. The zero-order valence-electron chi connectivity index (χ0n) is 14.6. The zero-order valence-corrected chi connectivity index (χ0v) is 14.6. The van der Waals surface area contributed by atoms with Crippen molar-refractivity contribution in [2.24, 2.45) is 5.92 Å². The molecule has 9 nitrogen and oxygen atoms in total. The average Bonchev–Trinajstić information content (AvgIpc) is 2.63. The molecule has 9 heteroatoms. The fourth-order valence-corrected chi connectivity index (χ4v) is 2.87. The highest BCUT2D eigenvalue weighted by molar-refractivity contribution is 5.97. The minimum atomic E-state index is -0.826. The number of carbonyl (C=O) groups excluding carboxylic acids is 2. The van der Waals surface area contributed by atoms with Gasteiger partial charge in [0.05, 0.1) is 17.1 Å². The van der Waals surface area contributed by atoms with Gasteiger partial charge in [0.25, 0.3) is 11.6 Å². The molecule has 1 atom stereocenters. The number of hydrogen-bond donors (Lipinski definition) is 2. The third kappa shape index (κ3) is 5.16. The number of nitro groups is 1. The van der Waals surface area contributed by atoms with Crippen LogP contribution in [-0.4, -0.2) is 59.7 Å². The molecule has 1 aliphatic heterocycles. The van der Waals surface area contributed by atoms with Gasteiger partial charge in [0, 0.05) is 37.5 Å². The van der Waals surface area contributed by atoms with Crippen LogP contribution in [0.1, 0.15) is 30.1 Å². The number of carbonyl (C=O) groups is 2. The Morgan fingerprint density at radius 3 is 2.88 bits per heavy atom. The summed E-state index contributed by atoms with van der Waals surface area (Å²) in [5.74, 6) is -0.692. The van der Waals surface area contributed by atoms with Gasteiger partial charge in [-0.25, -0.2) is 4.79 Å². The molecule has 0 aliphatic carbocycles. The van der Waals surface area contributed by atoms with E-state index in [2.05, 4.69) is 12.2 Å². The predicted molar refractivity (Wildman–Crippen MR) is 93.9 cm³/mol. The zero-order chi connectivity index (χ0) is 19.1. The quantitative estimate of drug-likeness (QED) is 0.425. The van der Waals surface area contributed by atoms with E-state index in [0.717, 1.165) is 18.9 Å². The van der Waals surface area contributed by atoms with Crippen molar-refractivity contribution in [3.63, 3.8) is 0 Å². The summed E-state index contributed by atoms with van der Waals surface area (Å²) in [6.07, 6.45) is 1.98. The summed E-state index contributed by atoms with van der Waals surface area (Å²) in [5, 5.41) is 22.6. The number of nitrogens with one attached hydrogen (secondary N) is 1. The molecule has 0 radical (unpaired) electrons. The van der Waals surface area contributed by atoms with E-state index in [9.17, 15) is 19.7 Å². The lowest BCUT2D eigenvalue weighted by Gasteiger charge is -2.30. The molecule has 0 unspecified atom stereocenters. The number of hydrogen-bond acceptors (Lipinski definition) is 7. The van der Waals surface area contributed by atoms with E-state index >= 15 is 0 Å². The Labute approximate surface area is 151 Å². The topological polar surface area (TPSA) is 122 Å². The highest BCUT2D eigenvalue weighted by atomic mass is 16.6. The molecular formula is C17H23N3O6. The Balaban J connectivity index is 2.05. The lowest BCUT2D eigenvalue weighted by Crippen LogP contribution is -2.41. The van der Waals surface area contributed by atoms with Crippen molar-refractivity contribution in [3.05, 3.63) is 33.9 Å². The van der Waals surface area contributed by atoms with Crippen LogP contribution in [0.2, 0.25) is 0 Å². The summed E-state index contributed by atoms with van der Waals surface area (Å²) in [6.45, 7) is 2.93. The smallest absolute Gasteiger partial charge is 0.341 e. The second-order valence-corrected chi connectivity index (χ2v) is 6.30. The molecule has 1 aromatic carbocycles. The summed E-state index contributed by atoms with van der Waals surface area (Å²) in [4.78, 5) is 36.5. The van der Waals surface area contributed by atoms with Gasteiger partial charge in [0.2, 0.25) is 0 Å². The maximum absolute atomic E-state index is 12.3. The number of piperidine rings is 1. The summed E-state index contributed by atoms with van der Waals surface area (Å²) < 4.78 is 5.08. The summed E-state index contributed by atoms with van der Waals surface area (Å²) >= 11 is 0. The molecule has 0 saturated carbocycles. The van der Waals surface area contributed by atoms with Gasteiger partial charge < -0.3 is 20.1 Å². The van der Waals surface area contributed by atoms with E-state index in [1.807, 2.05) is 0 Å². The molecule has 1 aromatic rings. The normalized spacial score (nSPS) is 16.8. The first-order valence-electron chi connectivity index (χ1n) is 8.50. The van der Waals surface area contributed by atoms with Crippen molar-refractivity contribution in [3.8, 4) is 0 Å². The fraction of sp³-hybridized carbons (Fsp3) is 0.529. The van der Waals surface area contributed by atoms with Crippen LogP contribution < -0.4 is 5.32 Å². The molecule has 1 saturated heterocycles. The van der Waals surface area contributed by atoms with Crippen molar-refractivity contribution < 1.29 is 24.4 Å². The van der Waals surface area contributed by atoms with E-state index in [1.165, 1.54) is 12.1 Å². The van der Waals surface area contributed by atoms with E-state index in [1.54, 1.807) is 4.90 Å². The number of amides is 1. The maximum atomic E-state index is 12.3. The number of likely N-dealkylation sites (tertiary alicyclic amines) is 1. The second-order valence-electron chi connectivity index (χ2n) is 6.30. The van der Waals surface area contributed by atoms with Crippen LogP contribution in [0.4, 0.5) is 11.4 Å². The minimum absolute atomic E-state index is 0.0486. The SMILES string of the molecule is C[C@H]1CCCN(C(=O)COC(=O)c2cc([N+](=O)[O-])ccc2NCCO)C1. The van der Waals surface area contributed by atoms with Crippen LogP contribution in [-0.2, 0) is 9.53 Å². The summed E-state index contributed by atoms with van der Waals surface area (Å²) in [5.41, 5.74) is -0.0103. The molecule has 1 amide bonds. The van der Waals surface area contributed by atoms with Crippen LogP contribution in [0, 0.1) is 16.0 Å². The Hall–Kier alpha value is -2.68. The number of nitro benzene ring substituents is 1. The first-order chi connectivity index (χ1) is 12.4. The molecule has 0 spiro atoms. The van der Waals surface area contributed by atoms with Gasteiger partial charge in [-0.1, -0.05) is 6.92 Å². The molecule has 1 heterocycles. The van der Waals surface area contributed by atoms with E-state index in [-0.39, 0.29) is 30.3 Å². The molecule has 0 aromatic heterocycles. The number of esters is 1. The van der Waals surface area contributed by atoms with Gasteiger partial charge in [-0.3, -0.25) is 14.9 Å². The van der Waals surface area contributed by atoms with Crippen LogP contribution in [0.25, 0.3) is 0 Å². The van der Waals surface area contributed by atoms with Gasteiger partial charge in [-0.15, -0.1) is 0 Å². The molecular weight excluding hydrogens is 342 g/mol. The standard InChI is InChI=1S/C17H23N3O6/c1-12-3-2-7-19(10-12)16(22)11-26-17(23)14-9-13(20(24)25)4-5-15(14)18-6-8-21/h4-5,9,12,18,21H,2-3,6-8,10-11H2,1H3/t12-/m0/s1. The molecule has 2 N–H and O–H groups in total. The molecule has 2 rings (SSSR count). The van der Waals surface area contributed by atoms with Crippen molar-refractivity contribution in [2.45, 2.75) is 19.8 Å². The van der Waals surface area contributed by atoms with Crippen LogP contribution in [0.15, 0.2) is 18.2 Å². The largest absolute Gasteiger partial charge is 0.452 e. The third-order valence-corrected chi connectivity index (χ3v) is 4.20. The number of benzene rings is 1. The van der Waals surface area contributed by atoms with Crippen molar-refractivity contribution in [1.82, 2.24) is 4.90 Å². The second kappa shape index (κ2) is 9.14. The van der Waals surface area contributed by atoms with Gasteiger partial charge in [-0.2, -0.15) is 0 Å². The average molecular weight is 365 g/mol. The molecule has 26 heavy (non-hydrogen) atoms. The van der Waals surface area contributed by atoms with Crippen LogP contribution >= 0.6 is 0 Å². The number of anilines is 1. The lowest BCUT2D eigenvalue weighted by atomic mass is 10.0. The molecule has 1 fully saturated rings. The van der Waals surface area contributed by atoms with E-state index < -0.39 is 17.5 Å². The summed E-state index contributed by atoms with van der Waals surface area (Å²) in [6, 6.07) is 3.71. The van der Waals surface area contributed by atoms with Gasteiger partial charge in [0.15, 0.2) is 6.61 Å². The van der Waals surface area contributed by atoms with Crippen LogP contribution in [0.5, 0.6) is 0 Å². The van der Waals surface area contributed by atoms with Gasteiger partial charge >= 0.3 is 5.97 Å². The molecule has 1 aliphatic rings. The number of nitrogens with zero attached hydrogens (tertiary/aromatic N) is 2. The first kappa shape index (κ1) is 19.6. The Morgan fingerprint density at radius 2 is 2.23 bits per heavy atom. The van der Waals surface area contributed by atoms with Gasteiger partial charge in [-0.05, 0) is 24.8 Å². The highest BCUT2D eigenvalue weighted by Gasteiger charge is 2.23. The number of aliphatic hydroxyl groups is 1. The summed E-state index contributed by atoms with van der Waals surface area (Å²) in [7, 11) is 0. The Morgan fingerprint density at radius 1 is 1.46 bits per heavy atom. The van der Waals surface area contributed by atoms with E-state index in [4.69, 9.17) is 9.84 Å². The first-order valence-corrected chi connectivity index (χ1v) is 8.50. The number of non-ortho nitro benzene ring substituents is 1.